The Labute approximate surface area is 98.3 Å². The molecule has 1 unspecified atom stereocenters. The number of piperidine rings is 1. The van der Waals surface area contributed by atoms with E-state index in [1.807, 2.05) is 22.9 Å². The first-order chi connectivity index (χ1) is 7.84. The number of nitrogens with one attached hydrogen (secondary N) is 1. The predicted molar refractivity (Wildman–Crippen MR) is 64.3 cm³/mol. The third-order valence-corrected chi connectivity index (χ3v) is 3.67. The molecule has 4 nitrogen and oxygen atoms in total. The van der Waals surface area contributed by atoms with Crippen LogP contribution in [0.15, 0.2) is 11.6 Å². The summed E-state index contributed by atoms with van der Waals surface area (Å²) in [5.41, 5.74) is 0.984. The minimum atomic E-state index is 0.284. The molecule has 2 aromatic heterocycles. The number of aromatic nitrogens is 2. The zero-order valence-electron chi connectivity index (χ0n) is 9.27. The van der Waals surface area contributed by atoms with Gasteiger partial charge in [0, 0.05) is 18.1 Å². The van der Waals surface area contributed by atoms with Crippen molar-refractivity contribution in [3.05, 3.63) is 17.3 Å². The van der Waals surface area contributed by atoms with E-state index in [-0.39, 0.29) is 6.10 Å². The van der Waals surface area contributed by atoms with Gasteiger partial charge in [0.15, 0.2) is 4.96 Å². The average Bonchev–Trinajstić information content (AvgIpc) is 2.84. The molecule has 0 radical (unpaired) electrons. The zero-order chi connectivity index (χ0) is 11.0. The molecule has 1 N–H and O–H groups in total. The first kappa shape index (κ1) is 10.1. The zero-order valence-corrected chi connectivity index (χ0v) is 10.1. The topological polar surface area (TPSA) is 38.6 Å². The Morgan fingerprint density at radius 2 is 2.56 bits per heavy atom. The van der Waals surface area contributed by atoms with Crippen molar-refractivity contribution in [1.82, 2.24) is 14.7 Å². The molecule has 16 heavy (non-hydrogen) atoms. The molecule has 1 aliphatic heterocycles. The minimum absolute atomic E-state index is 0.284. The maximum Gasteiger partial charge on any atom is 0.222 e. The van der Waals surface area contributed by atoms with Crippen LogP contribution >= 0.6 is 11.3 Å². The number of ether oxygens (including phenoxy) is 1. The van der Waals surface area contributed by atoms with Gasteiger partial charge in [0.25, 0.3) is 0 Å². The summed E-state index contributed by atoms with van der Waals surface area (Å²) >= 11 is 1.64. The molecule has 3 heterocycles. The van der Waals surface area contributed by atoms with Gasteiger partial charge in [-0.3, -0.25) is 4.40 Å². The number of rotatable bonds is 2. The fourth-order valence-corrected chi connectivity index (χ4v) is 2.84. The summed E-state index contributed by atoms with van der Waals surface area (Å²) < 4.78 is 8.08. The van der Waals surface area contributed by atoms with Gasteiger partial charge in [-0.05, 0) is 26.3 Å². The van der Waals surface area contributed by atoms with E-state index in [1.54, 1.807) is 11.3 Å². The van der Waals surface area contributed by atoms with Gasteiger partial charge in [-0.2, -0.15) is 0 Å². The number of aryl methyl sites for hydroxylation is 1. The molecule has 0 bridgehead atoms. The van der Waals surface area contributed by atoms with Gasteiger partial charge < -0.3 is 10.1 Å². The van der Waals surface area contributed by atoms with Gasteiger partial charge in [0.1, 0.15) is 11.8 Å². The predicted octanol–water partition coefficient (Wildman–Crippen LogP) is 1.84. The molecule has 0 aliphatic carbocycles. The number of imidazole rings is 1. The van der Waals surface area contributed by atoms with Gasteiger partial charge in [-0.25, -0.2) is 4.98 Å². The summed E-state index contributed by atoms with van der Waals surface area (Å²) in [6, 6.07) is 0. The quantitative estimate of drug-likeness (QED) is 0.866. The maximum absolute atomic E-state index is 6.04. The van der Waals surface area contributed by atoms with Gasteiger partial charge in [0.05, 0.1) is 0 Å². The van der Waals surface area contributed by atoms with E-state index in [0.717, 1.165) is 36.0 Å². The smallest absolute Gasteiger partial charge is 0.222 e. The fraction of sp³-hybridized carbons (Fsp3) is 0.545. The lowest BCUT2D eigenvalue weighted by Gasteiger charge is -2.23. The minimum Gasteiger partial charge on any atom is -0.473 e. The standard InChI is InChI=1S/C11H15N3OS/c1-8-10(14-5-6-16-11(14)13-8)15-9-3-2-4-12-7-9/h5-6,9,12H,2-4,7H2,1H3. The van der Waals surface area contributed by atoms with Gasteiger partial charge in [0.2, 0.25) is 5.88 Å². The molecule has 1 fully saturated rings. The van der Waals surface area contributed by atoms with Crippen LogP contribution in [0.25, 0.3) is 4.96 Å². The normalized spacial score (nSPS) is 21.4. The van der Waals surface area contributed by atoms with Crippen LogP contribution in [0.3, 0.4) is 0 Å². The van der Waals surface area contributed by atoms with Crippen LogP contribution in [0, 0.1) is 6.92 Å². The van der Waals surface area contributed by atoms with E-state index < -0.39 is 0 Å². The molecular formula is C11H15N3OS. The number of hydrogen-bond acceptors (Lipinski definition) is 4. The fourth-order valence-electron chi connectivity index (χ4n) is 2.09. The lowest BCUT2D eigenvalue weighted by molar-refractivity contribution is 0.158. The van der Waals surface area contributed by atoms with E-state index in [4.69, 9.17) is 4.74 Å². The molecule has 1 aliphatic rings. The Hall–Kier alpha value is -1.07. The largest absolute Gasteiger partial charge is 0.473 e. The lowest BCUT2D eigenvalue weighted by atomic mass is 10.1. The molecule has 1 saturated heterocycles. The van der Waals surface area contributed by atoms with Crippen molar-refractivity contribution >= 4 is 16.3 Å². The Morgan fingerprint density at radius 1 is 1.62 bits per heavy atom. The third kappa shape index (κ3) is 1.70. The van der Waals surface area contributed by atoms with Crippen LogP contribution in [-0.4, -0.2) is 28.6 Å². The summed E-state index contributed by atoms with van der Waals surface area (Å²) in [5, 5.41) is 5.39. The van der Waals surface area contributed by atoms with Gasteiger partial charge in [-0.1, -0.05) is 0 Å². The Bertz CT molecular complexity index is 484. The highest BCUT2D eigenvalue weighted by atomic mass is 32.1. The first-order valence-electron chi connectivity index (χ1n) is 5.64. The highest BCUT2D eigenvalue weighted by Gasteiger charge is 2.18. The first-order valence-corrected chi connectivity index (χ1v) is 6.52. The average molecular weight is 237 g/mol. The highest BCUT2D eigenvalue weighted by molar-refractivity contribution is 7.15. The van der Waals surface area contributed by atoms with Crippen molar-refractivity contribution in [3.63, 3.8) is 0 Å². The van der Waals surface area contributed by atoms with Crippen LogP contribution < -0.4 is 10.1 Å². The summed E-state index contributed by atoms with van der Waals surface area (Å²) in [7, 11) is 0. The molecule has 86 valence electrons. The van der Waals surface area contributed by atoms with Crippen LogP contribution in [0.4, 0.5) is 0 Å². The van der Waals surface area contributed by atoms with E-state index in [1.165, 1.54) is 6.42 Å². The molecular weight excluding hydrogens is 222 g/mol. The summed E-state index contributed by atoms with van der Waals surface area (Å²) in [4.78, 5) is 5.49. The van der Waals surface area contributed by atoms with E-state index in [0.29, 0.717) is 0 Å². The van der Waals surface area contributed by atoms with Crippen LogP contribution in [0.2, 0.25) is 0 Å². The van der Waals surface area contributed by atoms with Crippen molar-refractivity contribution in [2.75, 3.05) is 13.1 Å². The summed E-state index contributed by atoms with van der Waals surface area (Å²) in [6.07, 6.45) is 4.62. The van der Waals surface area contributed by atoms with Crippen molar-refractivity contribution in [3.8, 4) is 5.88 Å². The third-order valence-electron chi connectivity index (χ3n) is 2.91. The maximum atomic E-state index is 6.04. The SMILES string of the molecule is Cc1nc2sccn2c1OC1CCCNC1. The number of hydrogen-bond donors (Lipinski definition) is 1. The summed E-state index contributed by atoms with van der Waals surface area (Å²) in [6.45, 7) is 4.06. The van der Waals surface area contributed by atoms with Crippen LogP contribution in [0.1, 0.15) is 18.5 Å². The molecule has 5 heteroatoms. The molecule has 1 atom stereocenters. The number of thiazole rings is 1. The Kier molecular flexibility index (Phi) is 2.57. The second-order valence-corrected chi connectivity index (χ2v) is 5.02. The lowest BCUT2D eigenvalue weighted by Crippen LogP contribution is -2.37. The second kappa shape index (κ2) is 4.07. The van der Waals surface area contributed by atoms with E-state index in [2.05, 4.69) is 10.3 Å². The van der Waals surface area contributed by atoms with Crippen LogP contribution in [-0.2, 0) is 0 Å². The van der Waals surface area contributed by atoms with Crippen molar-refractivity contribution in [1.29, 1.82) is 0 Å². The summed E-state index contributed by atoms with van der Waals surface area (Å²) in [5.74, 6) is 0.907. The Morgan fingerprint density at radius 3 is 3.38 bits per heavy atom. The molecule has 0 saturated carbocycles. The highest BCUT2D eigenvalue weighted by Crippen LogP contribution is 2.25. The monoisotopic (exact) mass is 237 g/mol. The van der Waals surface area contributed by atoms with Crippen molar-refractivity contribution < 1.29 is 4.74 Å². The second-order valence-electron chi connectivity index (χ2n) is 4.14. The molecule has 0 aromatic carbocycles. The van der Waals surface area contributed by atoms with E-state index in [9.17, 15) is 0 Å². The van der Waals surface area contributed by atoms with Crippen LogP contribution in [0.5, 0.6) is 5.88 Å². The van der Waals surface area contributed by atoms with Crippen molar-refractivity contribution in [2.45, 2.75) is 25.9 Å². The number of fused-ring (bicyclic) bond motifs is 1. The van der Waals surface area contributed by atoms with Gasteiger partial charge >= 0.3 is 0 Å². The molecule has 3 rings (SSSR count). The van der Waals surface area contributed by atoms with Gasteiger partial charge in [-0.15, -0.1) is 11.3 Å². The van der Waals surface area contributed by atoms with Crippen molar-refractivity contribution in [2.24, 2.45) is 0 Å². The van der Waals surface area contributed by atoms with E-state index >= 15 is 0 Å². The molecule has 0 spiro atoms. The number of nitrogens with zero attached hydrogens (tertiary/aromatic N) is 2. The molecule has 0 amide bonds. The molecule has 2 aromatic rings. The Balaban J connectivity index is 1.86.